The van der Waals surface area contributed by atoms with Gasteiger partial charge >= 0.3 is 5.97 Å². The Labute approximate surface area is 129 Å². The number of hydrogen-bond donors (Lipinski definition) is 1. The van der Waals surface area contributed by atoms with Crippen LogP contribution in [0.4, 0.5) is 0 Å². The molecule has 114 valence electrons. The van der Waals surface area contributed by atoms with Crippen LogP contribution in [0.15, 0.2) is 29.2 Å². The third kappa shape index (κ3) is 4.77. The second kappa shape index (κ2) is 8.08. The number of rotatable bonds is 5. The fraction of sp³-hybridized carbons (Fsp3) is 0.500. The van der Waals surface area contributed by atoms with Crippen LogP contribution in [0.5, 0.6) is 0 Å². The molecule has 0 aliphatic heterocycles. The molecule has 1 fully saturated rings. The molecule has 21 heavy (non-hydrogen) atoms. The Bertz CT molecular complexity index is 498. The number of ether oxygens (including phenoxy) is 1. The van der Waals surface area contributed by atoms with E-state index in [2.05, 4.69) is 5.32 Å². The molecule has 1 N–H and O–H groups in total. The zero-order chi connectivity index (χ0) is 15.1. The zero-order valence-electron chi connectivity index (χ0n) is 12.3. The summed E-state index contributed by atoms with van der Waals surface area (Å²) < 4.78 is 5.11. The molecule has 0 heterocycles. The van der Waals surface area contributed by atoms with Crippen molar-refractivity contribution in [1.29, 1.82) is 0 Å². The predicted molar refractivity (Wildman–Crippen MR) is 83.5 cm³/mol. The van der Waals surface area contributed by atoms with Gasteiger partial charge in [0.25, 0.3) is 5.91 Å². The third-order valence-corrected chi connectivity index (χ3v) is 4.43. The lowest BCUT2D eigenvalue weighted by atomic mass is 9.95. The highest BCUT2D eigenvalue weighted by Gasteiger charge is 2.17. The molecule has 1 aliphatic carbocycles. The van der Waals surface area contributed by atoms with Crippen molar-refractivity contribution < 1.29 is 14.3 Å². The van der Waals surface area contributed by atoms with Gasteiger partial charge in [0.15, 0.2) is 6.61 Å². The topological polar surface area (TPSA) is 55.4 Å². The van der Waals surface area contributed by atoms with Gasteiger partial charge in [0.2, 0.25) is 0 Å². The maximum atomic E-state index is 12.0. The van der Waals surface area contributed by atoms with E-state index in [9.17, 15) is 9.59 Å². The predicted octanol–water partition coefficient (Wildman–Crippen LogP) is 3.01. The summed E-state index contributed by atoms with van der Waals surface area (Å²) in [5.41, 5.74) is 0.510. The lowest BCUT2D eigenvalue weighted by molar-refractivity contribution is -0.125. The average molecular weight is 307 g/mol. The molecule has 0 atom stereocenters. The molecule has 0 radical (unpaired) electrons. The maximum Gasteiger partial charge on any atom is 0.339 e. The number of carbonyl (C=O) groups is 2. The number of benzene rings is 1. The fourth-order valence-corrected chi connectivity index (χ4v) is 3.12. The van der Waals surface area contributed by atoms with Crippen molar-refractivity contribution in [2.24, 2.45) is 0 Å². The van der Waals surface area contributed by atoms with Crippen LogP contribution in [0, 0.1) is 0 Å². The van der Waals surface area contributed by atoms with E-state index in [-0.39, 0.29) is 18.6 Å². The maximum absolute atomic E-state index is 12.0. The molecule has 5 heteroatoms. The van der Waals surface area contributed by atoms with E-state index in [1.54, 1.807) is 12.1 Å². The zero-order valence-corrected chi connectivity index (χ0v) is 13.1. The van der Waals surface area contributed by atoms with Crippen molar-refractivity contribution in [2.45, 2.75) is 43.0 Å². The molecule has 0 spiro atoms. The minimum Gasteiger partial charge on any atom is -0.452 e. The number of nitrogens with one attached hydrogen (secondary N) is 1. The summed E-state index contributed by atoms with van der Waals surface area (Å²) in [5.74, 6) is -0.657. The van der Waals surface area contributed by atoms with Crippen LogP contribution in [0.2, 0.25) is 0 Å². The van der Waals surface area contributed by atoms with Gasteiger partial charge in [-0.3, -0.25) is 4.79 Å². The Morgan fingerprint density at radius 1 is 1.24 bits per heavy atom. The summed E-state index contributed by atoms with van der Waals surface area (Å²) in [6.07, 6.45) is 7.51. The molecule has 4 nitrogen and oxygen atoms in total. The van der Waals surface area contributed by atoms with Gasteiger partial charge in [-0.1, -0.05) is 31.4 Å². The molecule has 0 aromatic heterocycles. The highest BCUT2D eigenvalue weighted by molar-refractivity contribution is 7.98. The van der Waals surface area contributed by atoms with Crippen molar-refractivity contribution in [3.63, 3.8) is 0 Å². The van der Waals surface area contributed by atoms with Gasteiger partial charge in [0.1, 0.15) is 0 Å². The Hall–Kier alpha value is -1.49. The van der Waals surface area contributed by atoms with E-state index in [0.717, 1.165) is 30.6 Å². The molecule has 1 saturated carbocycles. The number of carbonyl (C=O) groups excluding carboxylic acids is 2. The second-order valence-corrected chi connectivity index (χ2v) is 6.03. The highest BCUT2D eigenvalue weighted by Crippen LogP contribution is 2.20. The molecule has 1 aromatic rings. The Balaban J connectivity index is 1.81. The Kier molecular flexibility index (Phi) is 6.11. The molecular formula is C16H21NO3S. The molecular weight excluding hydrogens is 286 g/mol. The molecule has 1 amide bonds. The quantitative estimate of drug-likeness (QED) is 0.671. The van der Waals surface area contributed by atoms with Gasteiger partial charge in [0, 0.05) is 10.9 Å². The minimum absolute atomic E-state index is 0.210. The van der Waals surface area contributed by atoms with E-state index in [1.807, 2.05) is 18.4 Å². The summed E-state index contributed by atoms with van der Waals surface area (Å²) in [5, 5.41) is 2.93. The van der Waals surface area contributed by atoms with E-state index in [1.165, 1.54) is 18.2 Å². The van der Waals surface area contributed by atoms with Gasteiger partial charge < -0.3 is 10.1 Å². The lowest BCUT2D eigenvalue weighted by Crippen LogP contribution is -2.38. The summed E-state index contributed by atoms with van der Waals surface area (Å²) in [6.45, 7) is -0.210. The average Bonchev–Trinajstić information content (AvgIpc) is 2.53. The standard InChI is InChI=1S/C16H21NO3S/c1-21-14-10-6-5-9-13(14)16(19)20-11-15(18)17-12-7-3-2-4-8-12/h5-6,9-10,12H,2-4,7-8,11H2,1H3,(H,17,18). The van der Waals surface area contributed by atoms with Crippen molar-refractivity contribution in [3.05, 3.63) is 29.8 Å². The first kappa shape index (κ1) is 15.9. The van der Waals surface area contributed by atoms with Crippen LogP contribution in [-0.4, -0.2) is 30.8 Å². The first-order chi connectivity index (χ1) is 10.2. The first-order valence-corrected chi connectivity index (χ1v) is 8.52. The van der Waals surface area contributed by atoms with Gasteiger partial charge in [0.05, 0.1) is 5.56 Å². The van der Waals surface area contributed by atoms with Crippen molar-refractivity contribution >= 4 is 23.6 Å². The van der Waals surface area contributed by atoms with E-state index >= 15 is 0 Å². The summed E-state index contributed by atoms with van der Waals surface area (Å²) in [7, 11) is 0. The SMILES string of the molecule is CSc1ccccc1C(=O)OCC(=O)NC1CCCCC1. The Morgan fingerprint density at radius 3 is 2.67 bits per heavy atom. The molecule has 0 unspecified atom stereocenters. The molecule has 0 bridgehead atoms. The number of hydrogen-bond acceptors (Lipinski definition) is 4. The van der Waals surface area contributed by atoms with E-state index < -0.39 is 5.97 Å². The lowest BCUT2D eigenvalue weighted by Gasteiger charge is -2.22. The largest absolute Gasteiger partial charge is 0.452 e. The normalized spacial score (nSPS) is 15.5. The van der Waals surface area contributed by atoms with Crippen LogP contribution in [-0.2, 0) is 9.53 Å². The smallest absolute Gasteiger partial charge is 0.339 e. The fourth-order valence-electron chi connectivity index (χ4n) is 2.54. The molecule has 1 aromatic carbocycles. The number of thioether (sulfide) groups is 1. The highest BCUT2D eigenvalue weighted by atomic mass is 32.2. The number of esters is 1. The molecule has 1 aliphatic rings. The van der Waals surface area contributed by atoms with Crippen LogP contribution in [0.1, 0.15) is 42.5 Å². The minimum atomic E-state index is -0.446. The van der Waals surface area contributed by atoms with Gasteiger partial charge in [-0.2, -0.15) is 0 Å². The molecule has 0 saturated heterocycles. The number of amides is 1. The van der Waals surface area contributed by atoms with Crippen LogP contribution in [0.25, 0.3) is 0 Å². The van der Waals surface area contributed by atoms with Gasteiger partial charge in [-0.15, -0.1) is 11.8 Å². The summed E-state index contributed by atoms with van der Waals surface area (Å²) >= 11 is 1.49. The van der Waals surface area contributed by atoms with Crippen LogP contribution in [0.3, 0.4) is 0 Å². The summed E-state index contributed by atoms with van der Waals surface area (Å²) in [6, 6.07) is 7.48. The van der Waals surface area contributed by atoms with Gasteiger partial charge in [-0.05, 0) is 31.2 Å². The van der Waals surface area contributed by atoms with Crippen molar-refractivity contribution in [3.8, 4) is 0 Å². The monoisotopic (exact) mass is 307 g/mol. The van der Waals surface area contributed by atoms with Crippen LogP contribution < -0.4 is 5.32 Å². The Morgan fingerprint density at radius 2 is 1.95 bits per heavy atom. The molecule has 2 rings (SSSR count). The van der Waals surface area contributed by atoms with E-state index in [4.69, 9.17) is 4.74 Å². The second-order valence-electron chi connectivity index (χ2n) is 5.18. The first-order valence-electron chi connectivity index (χ1n) is 7.30. The summed E-state index contributed by atoms with van der Waals surface area (Å²) in [4.78, 5) is 24.7. The van der Waals surface area contributed by atoms with Crippen molar-refractivity contribution in [2.75, 3.05) is 12.9 Å². The van der Waals surface area contributed by atoms with E-state index in [0.29, 0.717) is 5.56 Å². The third-order valence-electron chi connectivity index (χ3n) is 3.63. The van der Waals surface area contributed by atoms with Crippen molar-refractivity contribution in [1.82, 2.24) is 5.32 Å². The van der Waals surface area contributed by atoms with Crippen LogP contribution >= 0.6 is 11.8 Å². The van der Waals surface area contributed by atoms with Gasteiger partial charge in [-0.25, -0.2) is 4.79 Å².